The number of aromatic hydroxyl groups is 1. The molecule has 2 rings (SSSR count). The van der Waals surface area contributed by atoms with Crippen LogP contribution in [0, 0.1) is 0 Å². The summed E-state index contributed by atoms with van der Waals surface area (Å²) in [5, 5.41) is 20.9. The summed E-state index contributed by atoms with van der Waals surface area (Å²) in [5.41, 5.74) is 0.405. The summed E-state index contributed by atoms with van der Waals surface area (Å²) < 4.78 is 37.6. The molecule has 0 aliphatic rings. The van der Waals surface area contributed by atoms with Gasteiger partial charge in [0.25, 0.3) is 0 Å². The number of halogens is 3. The van der Waals surface area contributed by atoms with E-state index in [-0.39, 0.29) is 25.0 Å². The number of carboxylic acid groups (broad SMARTS) is 1. The number of aliphatic carboxylic acids is 1. The number of rotatable bonds is 7. The lowest BCUT2D eigenvalue weighted by Gasteiger charge is -2.15. The molecule has 0 saturated heterocycles. The zero-order valence-corrected chi connectivity index (χ0v) is 14.2. The summed E-state index contributed by atoms with van der Waals surface area (Å²) >= 11 is 0. The molecule has 3 N–H and O–H groups in total. The minimum absolute atomic E-state index is 0.0433. The van der Waals surface area contributed by atoms with Crippen molar-refractivity contribution in [3.05, 3.63) is 65.2 Å². The van der Waals surface area contributed by atoms with Crippen molar-refractivity contribution in [1.82, 2.24) is 5.32 Å². The summed E-state index contributed by atoms with van der Waals surface area (Å²) in [6.07, 6.45) is -4.24. The molecule has 2 aromatic carbocycles. The first-order valence-electron chi connectivity index (χ1n) is 8.11. The van der Waals surface area contributed by atoms with E-state index in [0.29, 0.717) is 11.1 Å². The molecular weight excluding hydrogens is 363 g/mol. The molecule has 8 heteroatoms. The van der Waals surface area contributed by atoms with Crippen LogP contribution in [0.15, 0.2) is 48.5 Å². The van der Waals surface area contributed by atoms with E-state index >= 15 is 0 Å². The Balaban J connectivity index is 1.90. The van der Waals surface area contributed by atoms with E-state index < -0.39 is 29.7 Å². The molecule has 1 amide bonds. The minimum Gasteiger partial charge on any atom is -0.508 e. The third kappa shape index (κ3) is 6.32. The number of phenolic OH excluding ortho intramolecular Hbond substituents is 1. The average molecular weight is 381 g/mol. The van der Waals surface area contributed by atoms with Crippen LogP contribution in [-0.4, -0.2) is 28.1 Å². The number of carbonyl (C=O) groups excluding carboxylic acids is 1. The highest BCUT2D eigenvalue weighted by Crippen LogP contribution is 2.29. The maximum atomic E-state index is 12.5. The molecule has 2 aromatic rings. The third-order valence-electron chi connectivity index (χ3n) is 3.93. The molecule has 1 atom stereocenters. The summed E-state index contributed by atoms with van der Waals surface area (Å²) in [6, 6.07) is 9.27. The van der Waals surface area contributed by atoms with Crippen LogP contribution in [0.2, 0.25) is 0 Å². The number of carbonyl (C=O) groups is 2. The predicted molar refractivity (Wildman–Crippen MR) is 91.1 cm³/mol. The zero-order valence-electron chi connectivity index (χ0n) is 14.2. The smallest absolute Gasteiger partial charge is 0.416 e. The van der Waals surface area contributed by atoms with Crippen LogP contribution < -0.4 is 5.32 Å². The second-order valence-electron chi connectivity index (χ2n) is 6.02. The van der Waals surface area contributed by atoms with E-state index in [9.17, 15) is 33.0 Å². The summed E-state index contributed by atoms with van der Waals surface area (Å²) in [6.45, 7) is 0. The molecule has 5 nitrogen and oxygen atoms in total. The van der Waals surface area contributed by atoms with Crippen molar-refractivity contribution < 1.29 is 33.0 Å². The SMILES string of the molecule is O=C(CCc1ccc(C(F)(F)F)cc1)N[C@@H](Cc1ccc(O)cc1)C(=O)O. The zero-order chi connectivity index (χ0) is 20.0. The molecular formula is C19H18F3NO4. The van der Waals surface area contributed by atoms with Gasteiger partial charge in [0.05, 0.1) is 5.56 Å². The fourth-order valence-electron chi connectivity index (χ4n) is 2.45. The molecule has 0 spiro atoms. The van der Waals surface area contributed by atoms with Gasteiger partial charge in [-0.1, -0.05) is 24.3 Å². The molecule has 0 fully saturated rings. The van der Waals surface area contributed by atoms with Crippen molar-refractivity contribution in [2.75, 3.05) is 0 Å². The van der Waals surface area contributed by atoms with E-state index in [1.165, 1.54) is 24.3 Å². The normalized spacial score (nSPS) is 12.4. The topological polar surface area (TPSA) is 86.6 Å². The van der Waals surface area contributed by atoms with Crippen LogP contribution in [0.3, 0.4) is 0 Å². The fourth-order valence-corrected chi connectivity index (χ4v) is 2.45. The Morgan fingerprint density at radius 1 is 0.963 bits per heavy atom. The first-order chi connectivity index (χ1) is 12.6. The highest BCUT2D eigenvalue weighted by Gasteiger charge is 2.29. The number of benzene rings is 2. The molecule has 0 bridgehead atoms. The second-order valence-corrected chi connectivity index (χ2v) is 6.02. The lowest BCUT2D eigenvalue weighted by atomic mass is 10.0. The van der Waals surface area contributed by atoms with Crippen molar-refractivity contribution in [3.8, 4) is 5.75 Å². The number of carboxylic acids is 1. The van der Waals surface area contributed by atoms with Gasteiger partial charge in [0.2, 0.25) is 5.91 Å². The van der Waals surface area contributed by atoms with Gasteiger partial charge >= 0.3 is 12.1 Å². The molecule has 0 heterocycles. The summed E-state index contributed by atoms with van der Waals surface area (Å²) in [4.78, 5) is 23.3. The largest absolute Gasteiger partial charge is 0.508 e. The van der Waals surface area contributed by atoms with Crippen LogP contribution in [0.5, 0.6) is 5.75 Å². The number of nitrogens with one attached hydrogen (secondary N) is 1. The van der Waals surface area contributed by atoms with Crippen LogP contribution in [0.1, 0.15) is 23.1 Å². The van der Waals surface area contributed by atoms with E-state index in [0.717, 1.165) is 12.1 Å². The highest BCUT2D eigenvalue weighted by molar-refractivity contribution is 5.83. The summed E-state index contributed by atoms with van der Waals surface area (Å²) in [7, 11) is 0. The fraction of sp³-hybridized carbons (Fsp3) is 0.263. The molecule has 0 aromatic heterocycles. The first kappa shape index (κ1) is 20.3. The first-order valence-corrected chi connectivity index (χ1v) is 8.11. The average Bonchev–Trinajstić information content (AvgIpc) is 2.60. The third-order valence-corrected chi connectivity index (χ3v) is 3.93. The maximum Gasteiger partial charge on any atom is 0.416 e. The minimum atomic E-state index is -4.42. The number of hydrogen-bond acceptors (Lipinski definition) is 3. The van der Waals surface area contributed by atoms with Crippen LogP contribution in [0.25, 0.3) is 0 Å². The van der Waals surface area contributed by atoms with E-state index in [1.807, 2.05) is 0 Å². The number of phenols is 1. The number of alkyl halides is 3. The Morgan fingerprint density at radius 3 is 2.04 bits per heavy atom. The van der Waals surface area contributed by atoms with Gasteiger partial charge in [-0.05, 0) is 41.8 Å². The molecule has 0 aliphatic carbocycles. The van der Waals surface area contributed by atoms with Crippen molar-refractivity contribution in [2.45, 2.75) is 31.5 Å². The van der Waals surface area contributed by atoms with E-state index in [4.69, 9.17) is 0 Å². The van der Waals surface area contributed by atoms with Gasteiger partial charge in [-0.2, -0.15) is 13.2 Å². The standard InChI is InChI=1S/C19H18F3NO4/c20-19(21,22)14-6-1-12(2-7-14)5-10-17(25)23-16(18(26)27)11-13-3-8-15(24)9-4-13/h1-4,6-9,16,24H,5,10-11H2,(H,23,25)(H,26,27)/t16-/m0/s1. The lowest BCUT2D eigenvalue weighted by molar-refractivity contribution is -0.141. The number of hydrogen-bond donors (Lipinski definition) is 3. The van der Waals surface area contributed by atoms with E-state index in [1.54, 1.807) is 12.1 Å². The Bertz CT molecular complexity index is 786. The van der Waals surface area contributed by atoms with Gasteiger partial charge < -0.3 is 15.5 Å². The Morgan fingerprint density at radius 2 is 1.52 bits per heavy atom. The molecule has 0 unspecified atom stereocenters. The van der Waals surface area contributed by atoms with Gasteiger partial charge in [-0.25, -0.2) is 4.79 Å². The van der Waals surface area contributed by atoms with Crippen molar-refractivity contribution in [3.63, 3.8) is 0 Å². The van der Waals surface area contributed by atoms with Gasteiger partial charge in [0, 0.05) is 12.8 Å². The van der Waals surface area contributed by atoms with Crippen molar-refractivity contribution in [1.29, 1.82) is 0 Å². The van der Waals surface area contributed by atoms with Crippen LogP contribution >= 0.6 is 0 Å². The number of amides is 1. The molecule has 0 saturated carbocycles. The van der Waals surface area contributed by atoms with Crippen LogP contribution in [0.4, 0.5) is 13.2 Å². The van der Waals surface area contributed by atoms with Gasteiger partial charge in [0.1, 0.15) is 11.8 Å². The molecule has 0 radical (unpaired) electrons. The Hall–Kier alpha value is -3.03. The van der Waals surface area contributed by atoms with E-state index in [2.05, 4.69) is 5.32 Å². The maximum absolute atomic E-state index is 12.5. The van der Waals surface area contributed by atoms with Gasteiger partial charge in [-0.15, -0.1) is 0 Å². The molecule has 27 heavy (non-hydrogen) atoms. The van der Waals surface area contributed by atoms with Crippen molar-refractivity contribution in [2.24, 2.45) is 0 Å². The predicted octanol–water partition coefficient (Wildman–Crippen LogP) is 3.16. The van der Waals surface area contributed by atoms with Crippen LogP contribution in [-0.2, 0) is 28.6 Å². The monoisotopic (exact) mass is 381 g/mol. The Labute approximate surface area is 153 Å². The quantitative estimate of drug-likeness (QED) is 0.688. The molecule has 144 valence electrons. The lowest BCUT2D eigenvalue weighted by Crippen LogP contribution is -2.42. The highest BCUT2D eigenvalue weighted by atomic mass is 19.4. The van der Waals surface area contributed by atoms with Gasteiger partial charge in [0.15, 0.2) is 0 Å². The number of aryl methyl sites for hydroxylation is 1. The molecule has 0 aliphatic heterocycles. The Kier molecular flexibility index (Phi) is 6.44. The van der Waals surface area contributed by atoms with Crippen molar-refractivity contribution >= 4 is 11.9 Å². The summed E-state index contributed by atoms with van der Waals surface area (Å²) in [5.74, 6) is -1.67. The second kappa shape index (κ2) is 8.57. The van der Waals surface area contributed by atoms with Gasteiger partial charge in [-0.3, -0.25) is 4.79 Å².